The molecule has 0 radical (unpaired) electrons. The summed E-state index contributed by atoms with van der Waals surface area (Å²) in [5.74, 6) is -0.100. The van der Waals surface area contributed by atoms with Crippen molar-refractivity contribution >= 4 is 17.7 Å². The van der Waals surface area contributed by atoms with Crippen molar-refractivity contribution in [3.8, 4) is 22.4 Å². The van der Waals surface area contributed by atoms with Crippen LogP contribution in [-0.2, 0) is 4.74 Å². The van der Waals surface area contributed by atoms with Crippen LogP contribution in [0.5, 0.6) is 0 Å². The third-order valence-corrected chi connectivity index (χ3v) is 5.47. The van der Waals surface area contributed by atoms with Gasteiger partial charge in [0.05, 0.1) is 0 Å². The van der Waals surface area contributed by atoms with Gasteiger partial charge in [-0.05, 0) is 64.4 Å². The highest BCUT2D eigenvalue weighted by Gasteiger charge is 2.34. The van der Waals surface area contributed by atoms with Gasteiger partial charge in [-0.2, -0.15) is 5.10 Å². The minimum Gasteiger partial charge on any atom is -0.444 e. The zero-order valence-electron chi connectivity index (χ0n) is 18.8. The molecule has 0 aliphatic rings. The maximum atomic E-state index is 12.4. The van der Waals surface area contributed by atoms with Crippen molar-refractivity contribution in [2.75, 3.05) is 0 Å². The number of halogens is 1. The highest BCUT2D eigenvalue weighted by atomic mass is 35.5. The zero-order valence-corrected chi connectivity index (χ0v) is 19.5. The number of nitrogens with one attached hydrogen (secondary N) is 2. The van der Waals surface area contributed by atoms with Gasteiger partial charge in [0.1, 0.15) is 11.3 Å². The molecule has 0 saturated carbocycles. The first-order chi connectivity index (χ1) is 14.5. The van der Waals surface area contributed by atoms with Crippen LogP contribution in [0.25, 0.3) is 22.4 Å². The van der Waals surface area contributed by atoms with E-state index in [0.717, 1.165) is 28.1 Å². The van der Waals surface area contributed by atoms with Crippen molar-refractivity contribution in [2.45, 2.75) is 58.6 Å². The second-order valence-corrected chi connectivity index (χ2v) is 9.61. The number of aromatic nitrogens is 3. The van der Waals surface area contributed by atoms with Crippen LogP contribution in [0.2, 0.25) is 5.02 Å². The Morgan fingerprint density at radius 2 is 1.65 bits per heavy atom. The van der Waals surface area contributed by atoms with Crippen LogP contribution in [0.15, 0.2) is 48.8 Å². The highest BCUT2D eigenvalue weighted by Crippen LogP contribution is 2.39. The number of benzene rings is 1. The lowest BCUT2D eigenvalue weighted by Crippen LogP contribution is -2.49. The molecule has 1 unspecified atom stereocenters. The predicted octanol–water partition coefficient (Wildman–Crippen LogP) is 6.20. The maximum absolute atomic E-state index is 12.4. The number of carbonyl (C=O) groups is 1. The molecule has 0 fully saturated rings. The van der Waals surface area contributed by atoms with Gasteiger partial charge in [-0.15, -0.1) is 0 Å². The average molecular weight is 441 g/mol. The van der Waals surface area contributed by atoms with Crippen LogP contribution >= 0.6 is 11.6 Å². The predicted molar refractivity (Wildman–Crippen MR) is 124 cm³/mol. The summed E-state index contributed by atoms with van der Waals surface area (Å²) in [5.41, 5.74) is 3.47. The van der Waals surface area contributed by atoms with Gasteiger partial charge >= 0.3 is 6.09 Å². The first kappa shape index (κ1) is 22.8. The lowest BCUT2D eigenvalue weighted by atomic mass is 9.83. The molecule has 7 heteroatoms. The van der Waals surface area contributed by atoms with Gasteiger partial charge in [-0.25, -0.2) is 4.79 Å². The minimum atomic E-state index is -0.603. The summed E-state index contributed by atoms with van der Waals surface area (Å²) < 4.78 is 5.46. The summed E-state index contributed by atoms with van der Waals surface area (Å²) in [6.45, 7) is 11.5. The SMILES string of the molecule is CC(c1[nH]nc(-c2ccc(Cl)cc2)c1-c1ccncc1)C(C)(C)NC(=O)OC(C)(C)C. The zero-order chi connectivity index (χ0) is 22.8. The topological polar surface area (TPSA) is 79.9 Å². The molecule has 0 spiro atoms. The van der Waals surface area contributed by atoms with E-state index in [1.54, 1.807) is 12.4 Å². The second kappa shape index (κ2) is 8.71. The molecule has 164 valence electrons. The first-order valence-corrected chi connectivity index (χ1v) is 10.6. The van der Waals surface area contributed by atoms with Gasteiger partial charge in [-0.1, -0.05) is 30.7 Å². The molecule has 2 heterocycles. The summed E-state index contributed by atoms with van der Waals surface area (Å²) >= 11 is 6.08. The summed E-state index contributed by atoms with van der Waals surface area (Å²) in [4.78, 5) is 16.6. The summed E-state index contributed by atoms with van der Waals surface area (Å²) in [6, 6.07) is 11.5. The minimum absolute atomic E-state index is 0.100. The van der Waals surface area contributed by atoms with E-state index < -0.39 is 17.2 Å². The molecule has 2 aromatic heterocycles. The molecule has 3 rings (SSSR count). The van der Waals surface area contributed by atoms with E-state index in [4.69, 9.17) is 16.3 Å². The van der Waals surface area contributed by atoms with Gasteiger partial charge in [-0.3, -0.25) is 10.1 Å². The molecule has 2 N–H and O–H groups in total. The Balaban J connectivity index is 2.02. The molecule has 0 aliphatic carbocycles. The molecule has 1 amide bonds. The smallest absolute Gasteiger partial charge is 0.408 e. The van der Waals surface area contributed by atoms with Crippen LogP contribution in [0.1, 0.15) is 53.2 Å². The van der Waals surface area contributed by atoms with Crippen LogP contribution in [0.3, 0.4) is 0 Å². The highest BCUT2D eigenvalue weighted by molar-refractivity contribution is 6.30. The molecule has 1 aromatic carbocycles. The summed E-state index contributed by atoms with van der Waals surface area (Å²) in [6.07, 6.45) is 3.06. The molecule has 31 heavy (non-hydrogen) atoms. The van der Waals surface area contributed by atoms with Gasteiger partial charge in [0.2, 0.25) is 0 Å². The van der Waals surface area contributed by atoms with E-state index in [9.17, 15) is 4.79 Å². The number of H-pyrrole nitrogens is 1. The fourth-order valence-corrected chi connectivity index (χ4v) is 3.46. The molecule has 6 nitrogen and oxygen atoms in total. The van der Waals surface area contributed by atoms with Crippen LogP contribution in [0.4, 0.5) is 4.79 Å². The number of nitrogens with zero attached hydrogens (tertiary/aromatic N) is 2. The molecule has 0 saturated heterocycles. The van der Waals surface area contributed by atoms with Gasteiger partial charge < -0.3 is 10.1 Å². The monoisotopic (exact) mass is 440 g/mol. The number of pyridine rings is 1. The first-order valence-electron chi connectivity index (χ1n) is 10.2. The number of hydrogen-bond donors (Lipinski definition) is 2. The van der Waals surface area contributed by atoms with E-state index in [0.29, 0.717) is 5.02 Å². The molecular formula is C24H29ClN4O2. The normalized spacial score (nSPS) is 13.0. The second-order valence-electron chi connectivity index (χ2n) is 9.17. The third kappa shape index (κ3) is 5.44. The van der Waals surface area contributed by atoms with Crippen molar-refractivity contribution in [2.24, 2.45) is 0 Å². The van der Waals surface area contributed by atoms with E-state index in [2.05, 4.69) is 27.4 Å². The van der Waals surface area contributed by atoms with E-state index in [-0.39, 0.29) is 5.92 Å². The van der Waals surface area contributed by atoms with Crippen LogP contribution in [-0.4, -0.2) is 32.4 Å². The Labute approximate surface area is 188 Å². The fourth-order valence-electron chi connectivity index (χ4n) is 3.33. The Hall–Kier alpha value is -2.86. The summed E-state index contributed by atoms with van der Waals surface area (Å²) in [7, 11) is 0. The molecule has 0 aliphatic heterocycles. The average Bonchev–Trinajstić information content (AvgIpc) is 3.11. The lowest BCUT2D eigenvalue weighted by molar-refractivity contribution is 0.0459. The quantitative estimate of drug-likeness (QED) is 0.495. The Kier molecular flexibility index (Phi) is 6.41. The third-order valence-electron chi connectivity index (χ3n) is 5.22. The number of rotatable bonds is 5. The Morgan fingerprint density at radius 3 is 2.23 bits per heavy atom. The van der Waals surface area contributed by atoms with E-state index in [1.165, 1.54) is 0 Å². The van der Waals surface area contributed by atoms with Crippen molar-refractivity contribution in [1.82, 2.24) is 20.5 Å². The number of hydrogen-bond acceptors (Lipinski definition) is 4. The van der Waals surface area contributed by atoms with Crippen molar-refractivity contribution in [1.29, 1.82) is 0 Å². The Bertz CT molecular complexity index is 1040. The molecular weight excluding hydrogens is 412 g/mol. The standard InChI is InChI=1S/C24H29ClN4O2/c1-15(24(5,6)27-22(30)31-23(2,3)4)20-19(16-11-13-26-14-12-16)21(29-28-20)17-7-9-18(25)10-8-17/h7-15H,1-6H3,(H,27,30)(H,28,29). The number of amides is 1. The van der Waals surface area contributed by atoms with Gasteiger partial charge in [0.15, 0.2) is 0 Å². The van der Waals surface area contributed by atoms with Crippen LogP contribution < -0.4 is 5.32 Å². The number of ether oxygens (including phenoxy) is 1. The largest absolute Gasteiger partial charge is 0.444 e. The molecule has 0 bridgehead atoms. The van der Waals surface area contributed by atoms with E-state index in [1.807, 2.05) is 71.0 Å². The van der Waals surface area contributed by atoms with Gasteiger partial charge in [0, 0.05) is 45.7 Å². The molecule has 1 atom stereocenters. The van der Waals surface area contributed by atoms with Crippen molar-refractivity contribution in [3.63, 3.8) is 0 Å². The molecule has 3 aromatic rings. The van der Waals surface area contributed by atoms with E-state index >= 15 is 0 Å². The fraction of sp³-hybridized carbons (Fsp3) is 0.375. The van der Waals surface area contributed by atoms with Gasteiger partial charge in [0.25, 0.3) is 0 Å². The number of alkyl carbamates (subject to hydrolysis) is 1. The lowest BCUT2D eigenvalue weighted by Gasteiger charge is -2.34. The van der Waals surface area contributed by atoms with Crippen LogP contribution in [0, 0.1) is 0 Å². The Morgan fingerprint density at radius 1 is 1.03 bits per heavy atom. The number of carbonyl (C=O) groups excluding carboxylic acids is 1. The van der Waals surface area contributed by atoms with Crippen molar-refractivity contribution < 1.29 is 9.53 Å². The number of aromatic amines is 1. The summed E-state index contributed by atoms with van der Waals surface area (Å²) in [5, 5.41) is 11.5. The maximum Gasteiger partial charge on any atom is 0.408 e. The van der Waals surface area contributed by atoms with Crippen molar-refractivity contribution in [3.05, 3.63) is 59.5 Å².